The van der Waals surface area contributed by atoms with Gasteiger partial charge < -0.3 is 25.5 Å². The summed E-state index contributed by atoms with van der Waals surface area (Å²) in [5, 5.41) is 39.6. The molecular formula is C20H40O10. The lowest BCUT2D eigenvalue weighted by Gasteiger charge is -1.79. The van der Waals surface area contributed by atoms with E-state index in [4.69, 9.17) is 25.5 Å². The van der Waals surface area contributed by atoms with Gasteiger partial charge in [-0.2, -0.15) is 0 Å². The monoisotopic (exact) mass is 440 g/mol. The molecule has 0 atom stereocenters. The zero-order valence-electron chi connectivity index (χ0n) is 18.8. The minimum absolute atomic E-state index is 0.292. The van der Waals surface area contributed by atoms with Crippen LogP contribution in [0.25, 0.3) is 0 Å². The molecule has 0 aromatic rings. The summed E-state index contributed by atoms with van der Waals surface area (Å²) in [4.78, 5) is 48.0. The van der Waals surface area contributed by atoms with Crippen LogP contribution in [-0.4, -0.2) is 55.4 Å². The highest BCUT2D eigenvalue weighted by molar-refractivity contribution is 5.67. The molecule has 0 saturated heterocycles. The lowest BCUT2D eigenvalue weighted by Crippen LogP contribution is -1.90. The van der Waals surface area contributed by atoms with Gasteiger partial charge >= 0.3 is 29.8 Å². The lowest BCUT2D eigenvalue weighted by atomic mass is 10.4. The number of hydrogen-bond donors (Lipinski definition) is 5. The Labute approximate surface area is 178 Å². The predicted molar refractivity (Wildman–Crippen MR) is 113 cm³/mol. The molecule has 0 radical (unpaired) electrons. The zero-order chi connectivity index (χ0) is 25.0. The first-order valence-electron chi connectivity index (χ1n) is 9.94. The van der Waals surface area contributed by atoms with Crippen molar-refractivity contribution in [3.63, 3.8) is 0 Å². The Hall–Kier alpha value is -2.65. The van der Waals surface area contributed by atoms with E-state index in [-0.39, 0.29) is 0 Å². The van der Waals surface area contributed by atoms with E-state index in [1.165, 1.54) is 0 Å². The van der Waals surface area contributed by atoms with Crippen molar-refractivity contribution in [3.8, 4) is 0 Å². The Balaban J connectivity index is -0.0000000868. The summed E-state index contributed by atoms with van der Waals surface area (Å²) in [5.41, 5.74) is 0. The highest BCUT2D eigenvalue weighted by Crippen LogP contribution is 1.84. The van der Waals surface area contributed by atoms with Crippen molar-refractivity contribution >= 4 is 29.8 Å². The molecule has 5 N–H and O–H groups in total. The Kier molecular flexibility index (Phi) is 43.0. The third kappa shape index (κ3) is 98.5. The predicted octanol–water partition coefficient (Wildman–Crippen LogP) is 4.36. The van der Waals surface area contributed by atoms with Crippen LogP contribution >= 0.6 is 0 Å². The Morgan fingerprint density at radius 3 is 0.467 bits per heavy atom. The minimum Gasteiger partial charge on any atom is -0.481 e. The number of carboxylic acid groups (broad SMARTS) is 5. The van der Waals surface area contributed by atoms with Crippen LogP contribution in [0.2, 0.25) is 0 Å². The SMILES string of the molecule is CCCC(=O)O.CCCC(=O)O.CCCC(=O)O.CCCC(=O)O.CCCC(=O)O. The lowest BCUT2D eigenvalue weighted by molar-refractivity contribution is -0.138. The van der Waals surface area contributed by atoms with Gasteiger partial charge in [0, 0.05) is 32.1 Å². The average molecular weight is 441 g/mol. The van der Waals surface area contributed by atoms with Crippen LogP contribution < -0.4 is 0 Å². The highest BCUT2D eigenvalue weighted by Gasteiger charge is 1.89. The fraction of sp³-hybridized carbons (Fsp3) is 0.750. The van der Waals surface area contributed by atoms with Gasteiger partial charge in [-0.05, 0) is 32.1 Å². The van der Waals surface area contributed by atoms with E-state index < -0.39 is 29.8 Å². The molecule has 10 heteroatoms. The van der Waals surface area contributed by atoms with E-state index in [1.54, 1.807) is 0 Å². The molecule has 0 aliphatic rings. The smallest absolute Gasteiger partial charge is 0.303 e. The van der Waals surface area contributed by atoms with Crippen LogP contribution in [0.4, 0.5) is 0 Å². The maximum absolute atomic E-state index is 9.60. The minimum atomic E-state index is -0.711. The molecular weight excluding hydrogens is 400 g/mol. The van der Waals surface area contributed by atoms with Crippen LogP contribution in [0.15, 0.2) is 0 Å². The van der Waals surface area contributed by atoms with E-state index in [1.807, 2.05) is 34.6 Å². The van der Waals surface area contributed by atoms with E-state index >= 15 is 0 Å². The van der Waals surface area contributed by atoms with Gasteiger partial charge in [-0.3, -0.25) is 24.0 Å². The first kappa shape index (κ1) is 38.0. The third-order valence-electron chi connectivity index (χ3n) is 2.32. The van der Waals surface area contributed by atoms with Crippen molar-refractivity contribution in [3.05, 3.63) is 0 Å². The summed E-state index contributed by atoms with van der Waals surface area (Å²) < 4.78 is 0. The standard InChI is InChI=1S/5C4H8O2/c5*1-2-3-4(5)6/h5*2-3H2,1H3,(H,5,6). The van der Waals surface area contributed by atoms with Crippen LogP contribution in [0, 0.1) is 0 Å². The quantitative estimate of drug-likeness (QED) is 0.326. The fourth-order valence-electron chi connectivity index (χ4n) is 1.07. The molecule has 0 unspecified atom stereocenters. The van der Waals surface area contributed by atoms with Gasteiger partial charge in [0.25, 0.3) is 0 Å². The van der Waals surface area contributed by atoms with Gasteiger partial charge in [0.15, 0.2) is 0 Å². The van der Waals surface area contributed by atoms with Gasteiger partial charge in [-0.1, -0.05) is 34.6 Å². The molecule has 0 aliphatic heterocycles. The van der Waals surface area contributed by atoms with Crippen molar-refractivity contribution < 1.29 is 49.5 Å². The van der Waals surface area contributed by atoms with Gasteiger partial charge in [0.2, 0.25) is 0 Å². The summed E-state index contributed by atoms with van der Waals surface area (Å²) in [5.74, 6) is -3.55. The van der Waals surface area contributed by atoms with Crippen LogP contribution in [0.1, 0.15) is 98.8 Å². The Bertz CT molecular complexity index is 340. The molecule has 0 aromatic carbocycles. The summed E-state index contributed by atoms with van der Waals surface area (Å²) >= 11 is 0. The molecule has 0 heterocycles. The van der Waals surface area contributed by atoms with Crippen molar-refractivity contribution in [2.45, 2.75) is 98.8 Å². The number of hydrogen-bond acceptors (Lipinski definition) is 5. The number of carboxylic acids is 5. The van der Waals surface area contributed by atoms with E-state index in [2.05, 4.69) is 0 Å². The van der Waals surface area contributed by atoms with Crippen molar-refractivity contribution in [1.82, 2.24) is 0 Å². The zero-order valence-corrected chi connectivity index (χ0v) is 18.8. The van der Waals surface area contributed by atoms with Crippen LogP contribution in [0.5, 0.6) is 0 Å². The molecule has 0 amide bonds. The maximum atomic E-state index is 9.60. The third-order valence-corrected chi connectivity index (χ3v) is 2.32. The largest absolute Gasteiger partial charge is 0.481 e. The molecule has 180 valence electrons. The second kappa shape index (κ2) is 33.9. The number of aliphatic carboxylic acids is 5. The highest BCUT2D eigenvalue weighted by atomic mass is 16.4. The number of carbonyl (C=O) groups is 5. The second-order valence-electron chi connectivity index (χ2n) is 5.72. The summed E-state index contributed by atoms with van der Waals surface area (Å²) in [7, 11) is 0. The normalized spacial score (nSPS) is 8.17. The van der Waals surface area contributed by atoms with Crippen molar-refractivity contribution in [2.24, 2.45) is 0 Å². The van der Waals surface area contributed by atoms with E-state index in [9.17, 15) is 24.0 Å². The van der Waals surface area contributed by atoms with E-state index in [0.717, 1.165) is 32.1 Å². The molecule has 0 bridgehead atoms. The molecule has 0 rings (SSSR count). The van der Waals surface area contributed by atoms with E-state index in [0.29, 0.717) is 32.1 Å². The van der Waals surface area contributed by atoms with Crippen LogP contribution in [0.3, 0.4) is 0 Å². The second-order valence-corrected chi connectivity index (χ2v) is 5.72. The molecule has 10 nitrogen and oxygen atoms in total. The molecule has 30 heavy (non-hydrogen) atoms. The first-order valence-corrected chi connectivity index (χ1v) is 9.94. The van der Waals surface area contributed by atoms with Crippen LogP contribution in [-0.2, 0) is 24.0 Å². The molecule has 0 saturated carbocycles. The van der Waals surface area contributed by atoms with Crippen molar-refractivity contribution in [1.29, 1.82) is 0 Å². The van der Waals surface area contributed by atoms with Gasteiger partial charge in [0.05, 0.1) is 0 Å². The summed E-state index contributed by atoms with van der Waals surface area (Å²) in [6.45, 7) is 9.21. The molecule has 0 aromatic heterocycles. The molecule has 0 fully saturated rings. The topological polar surface area (TPSA) is 186 Å². The van der Waals surface area contributed by atoms with Gasteiger partial charge in [-0.15, -0.1) is 0 Å². The maximum Gasteiger partial charge on any atom is 0.303 e. The summed E-state index contributed by atoms with van der Waals surface area (Å²) in [6.07, 6.45) is 5.12. The Morgan fingerprint density at radius 1 is 0.367 bits per heavy atom. The first-order chi connectivity index (χ1) is 13.9. The van der Waals surface area contributed by atoms with Crippen molar-refractivity contribution in [2.75, 3.05) is 0 Å². The Morgan fingerprint density at radius 2 is 0.467 bits per heavy atom. The van der Waals surface area contributed by atoms with Gasteiger partial charge in [0.1, 0.15) is 0 Å². The number of rotatable bonds is 10. The molecule has 0 aliphatic carbocycles. The summed E-state index contributed by atoms with van der Waals surface area (Å²) in [6, 6.07) is 0. The fourth-order valence-corrected chi connectivity index (χ4v) is 1.07. The van der Waals surface area contributed by atoms with Gasteiger partial charge in [-0.25, -0.2) is 0 Å². The molecule has 0 spiro atoms. The average Bonchev–Trinajstić information content (AvgIpc) is 2.56.